The van der Waals surface area contributed by atoms with Crippen LogP contribution in [0.1, 0.15) is 5.48 Å². The van der Waals surface area contributed by atoms with Gasteiger partial charge in [-0.05, 0) is 12.1 Å². The first-order valence-corrected chi connectivity index (χ1v) is 2.31. The fourth-order valence-electron chi connectivity index (χ4n) is 0.391. The van der Waals surface area contributed by atoms with Gasteiger partial charge in [0.25, 0.3) is 5.69 Å². The molecule has 10 heavy (non-hydrogen) atoms. The molecule has 0 spiro atoms. The first-order valence-electron chi connectivity index (χ1n) is 5.21. The van der Waals surface area contributed by atoms with Crippen LogP contribution in [-0.2, 0) is 0 Å². The Morgan fingerprint density at radius 1 is 1.60 bits per heavy atom. The zero-order valence-electron chi connectivity index (χ0n) is 10.7. The van der Waals surface area contributed by atoms with Gasteiger partial charge in [0.05, 0.1) is 10.4 Å². The Morgan fingerprint density at radius 3 is 2.60 bits per heavy atom. The quantitative estimate of drug-likeness (QED) is 0.385. The van der Waals surface area contributed by atoms with Crippen molar-refractivity contribution >= 4 is 11.4 Å². The molecule has 4 nitrogen and oxygen atoms in total. The number of hydrogen-bond donors (Lipinski definition) is 1. The second-order valence-electron chi connectivity index (χ2n) is 1.45. The molecule has 4 heteroatoms. The van der Waals surface area contributed by atoms with Gasteiger partial charge in [-0.25, -0.2) is 0 Å². The molecule has 0 amide bonds. The van der Waals surface area contributed by atoms with Gasteiger partial charge in [-0.1, -0.05) is 0 Å². The molecule has 0 heterocycles. The topological polar surface area (TPSA) is 69.2 Å². The minimum Gasteiger partial charge on any atom is -0.399 e. The average Bonchev–Trinajstić information content (AvgIpc) is 2.14. The average molecular weight is 144 g/mol. The van der Waals surface area contributed by atoms with Crippen LogP contribution in [0.5, 0.6) is 0 Å². The molecule has 0 aliphatic carbocycles. The predicted octanol–water partition coefficient (Wildman–Crippen LogP) is 1.18. The van der Waals surface area contributed by atoms with E-state index in [1.165, 1.54) is 0 Å². The maximum absolute atomic E-state index is 10.5. The van der Waals surface area contributed by atoms with Crippen LogP contribution in [0.25, 0.3) is 0 Å². The van der Waals surface area contributed by atoms with Crippen molar-refractivity contribution in [2.24, 2.45) is 0 Å². The molecular formula is C6H6N2O2. The van der Waals surface area contributed by atoms with Gasteiger partial charge in [0.2, 0.25) is 0 Å². The van der Waals surface area contributed by atoms with Gasteiger partial charge < -0.3 is 5.72 Å². The molecule has 0 saturated carbocycles. The Hall–Kier alpha value is -1.58. The molecule has 2 N–H and O–H groups in total. The number of nitro benzene ring substituents is 1. The number of anilines is 1. The van der Waals surface area contributed by atoms with E-state index < -0.39 is 40.5 Å². The SMILES string of the molecule is [2H]c1c([2H])c([N+](=O)[O-])c([2H])c([2H])c1N([2H])[2H]. The standard InChI is InChI=1S/C6H6N2O2/c7-5-1-3-6(4-2-5)8(9)10/h1-4H,7H2/i1D,2D,3D,4D/hD2. The molecule has 0 aromatic heterocycles. The summed E-state index contributed by atoms with van der Waals surface area (Å²) in [5.74, 6) is 0. The van der Waals surface area contributed by atoms with E-state index in [4.69, 9.17) is 8.31 Å². The Morgan fingerprint density at radius 2 is 2.20 bits per heavy atom. The molecule has 1 rings (SSSR count). The van der Waals surface area contributed by atoms with Crippen molar-refractivity contribution in [1.82, 2.24) is 0 Å². The molecule has 0 radical (unpaired) electrons. The van der Waals surface area contributed by atoms with Gasteiger partial charge in [0, 0.05) is 17.8 Å². The third-order valence-electron chi connectivity index (χ3n) is 0.781. The van der Waals surface area contributed by atoms with E-state index in [0.29, 0.717) is 0 Å². The van der Waals surface area contributed by atoms with E-state index >= 15 is 0 Å². The van der Waals surface area contributed by atoms with Crippen LogP contribution in [-0.4, -0.2) is 4.92 Å². The Balaban J connectivity index is 3.70. The van der Waals surface area contributed by atoms with E-state index in [9.17, 15) is 10.1 Å². The second kappa shape index (κ2) is 2.34. The summed E-state index contributed by atoms with van der Waals surface area (Å²) in [5, 5.41) is 10.5. The minimum absolute atomic E-state index is 0.107. The van der Waals surface area contributed by atoms with Crippen molar-refractivity contribution in [2.45, 2.75) is 0 Å². The Labute approximate surface area is 66.0 Å². The summed E-state index contributed by atoms with van der Waals surface area (Å²) in [4.78, 5) is 9.49. The minimum atomic E-state index is -1.03. The number of rotatable bonds is 2. The van der Waals surface area contributed by atoms with Crippen LogP contribution in [0, 0.1) is 10.1 Å². The summed E-state index contributed by atoms with van der Waals surface area (Å²) in [6.07, 6.45) is 0. The summed E-state index contributed by atoms with van der Waals surface area (Å²) in [6, 6.07) is -3.30. The van der Waals surface area contributed by atoms with E-state index in [1.807, 2.05) is 0 Å². The molecule has 1 aromatic carbocycles. The predicted molar refractivity (Wildman–Crippen MR) is 37.5 cm³/mol. The lowest BCUT2D eigenvalue weighted by atomic mass is 10.3. The molecule has 0 aliphatic heterocycles. The maximum atomic E-state index is 10.5. The molecule has 52 valence electrons. The molecule has 1 aromatic rings. The maximum Gasteiger partial charge on any atom is 0.269 e. The molecular weight excluding hydrogens is 132 g/mol. The van der Waals surface area contributed by atoms with E-state index in [1.54, 1.807) is 0 Å². The zero-order valence-corrected chi connectivity index (χ0v) is 4.71. The highest BCUT2D eigenvalue weighted by atomic mass is 16.6. The molecule has 0 unspecified atom stereocenters. The van der Waals surface area contributed by atoms with E-state index in [-0.39, 0.29) is 5.72 Å². The number of nitrogens with two attached hydrogens (primary N) is 1. The number of hydrogen-bond acceptors (Lipinski definition) is 3. The first kappa shape index (κ1) is 2.23. The van der Waals surface area contributed by atoms with Crippen LogP contribution in [0.3, 0.4) is 0 Å². The highest BCUT2D eigenvalue weighted by Crippen LogP contribution is 2.11. The van der Waals surface area contributed by atoms with Gasteiger partial charge in [-0.3, -0.25) is 10.1 Å². The van der Waals surface area contributed by atoms with Crippen molar-refractivity contribution in [1.29, 1.82) is 0 Å². The molecule has 0 fully saturated rings. The lowest BCUT2D eigenvalue weighted by Crippen LogP contribution is -1.88. The number of benzene rings is 1. The van der Waals surface area contributed by atoms with Gasteiger partial charge >= 0.3 is 0 Å². The summed E-state index contributed by atoms with van der Waals surface area (Å²) >= 11 is 0. The van der Waals surface area contributed by atoms with E-state index in [0.717, 1.165) is 0 Å². The largest absolute Gasteiger partial charge is 0.399 e. The fourth-order valence-corrected chi connectivity index (χ4v) is 0.391. The highest BCUT2D eigenvalue weighted by molar-refractivity contribution is 5.44. The highest BCUT2D eigenvalue weighted by Gasteiger charge is 2.00. The van der Waals surface area contributed by atoms with Crippen LogP contribution >= 0.6 is 0 Å². The van der Waals surface area contributed by atoms with E-state index in [2.05, 4.69) is 0 Å². The van der Waals surface area contributed by atoms with Crippen molar-refractivity contribution in [3.8, 4) is 0 Å². The van der Waals surface area contributed by atoms with Crippen LogP contribution in [0.2, 0.25) is 2.82 Å². The van der Waals surface area contributed by atoms with Gasteiger partial charge in [0.15, 0.2) is 2.82 Å². The van der Waals surface area contributed by atoms with Gasteiger partial charge in [-0.2, -0.15) is 0 Å². The van der Waals surface area contributed by atoms with Crippen molar-refractivity contribution in [3.63, 3.8) is 0 Å². The normalized spacial score (nSPS) is 17.2. The van der Waals surface area contributed by atoms with Gasteiger partial charge in [-0.15, -0.1) is 0 Å². The lowest BCUT2D eigenvalue weighted by Gasteiger charge is -1.90. The molecule has 0 bridgehead atoms. The molecule has 0 saturated heterocycles. The number of nitrogen functional groups attached to an aromatic ring is 1. The first-order chi connectivity index (χ1) is 7.29. The summed E-state index contributed by atoms with van der Waals surface area (Å²) in [7, 11) is 0. The molecule has 0 atom stereocenters. The Kier molecular flexibility index (Phi) is 0.523. The smallest absolute Gasteiger partial charge is 0.269 e. The molecule has 0 aliphatic rings. The summed E-state index contributed by atoms with van der Waals surface area (Å²) in [5.41, 5.74) is -1.69. The second-order valence-corrected chi connectivity index (χ2v) is 1.45. The monoisotopic (exact) mass is 144 g/mol. The third kappa shape index (κ3) is 1.22. The van der Waals surface area contributed by atoms with Crippen LogP contribution < -0.4 is 5.72 Å². The lowest BCUT2D eigenvalue weighted by molar-refractivity contribution is -0.384. The summed E-state index contributed by atoms with van der Waals surface area (Å²) in [6.45, 7) is 0. The van der Waals surface area contributed by atoms with Crippen LogP contribution in [0.15, 0.2) is 24.2 Å². The van der Waals surface area contributed by atoms with Crippen molar-refractivity contribution in [2.75, 3.05) is 5.72 Å². The fraction of sp³-hybridized carbons (Fsp3) is 0. The Bertz CT molecular complexity index is 434. The van der Waals surface area contributed by atoms with Gasteiger partial charge in [0.1, 0.15) is 0 Å². The third-order valence-corrected chi connectivity index (χ3v) is 0.781. The van der Waals surface area contributed by atoms with Crippen LogP contribution in [0.4, 0.5) is 11.4 Å². The number of nitrogens with zero attached hydrogens (tertiary/aromatic N) is 1. The number of nitro groups is 1. The zero-order chi connectivity index (χ0) is 12.6. The van der Waals surface area contributed by atoms with Crippen molar-refractivity contribution in [3.05, 3.63) is 34.3 Å². The summed E-state index contributed by atoms with van der Waals surface area (Å²) < 4.78 is 43.0. The van der Waals surface area contributed by atoms with Crippen molar-refractivity contribution < 1.29 is 13.2 Å².